The molecule has 110 valence electrons. The maximum atomic E-state index is 11.4. The maximum Gasteiger partial charge on any atom is 0.220 e. The summed E-state index contributed by atoms with van der Waals surface area (Å²) < 4.78 is 0. The molecule has 0 bridgehead atoms. The molecule has 2 aliphatic rings. The van der Waals surface area contributed by atoms with Crippen LogP contribution in [0.2, 0.25) is 0 Å². The molecule has 1 saturated heterocycles. The third-order valence-electron chi connectivity index (χ3n) is 4.95. The van der Waals surface area contributed by atoms with E-state index in [4.69, 9.17) is 0 Å². The molecule has 1 aliphatic heterocycles. The third kappa shape index (κ3) is 5.13. The van der Waals surface area contributed by atoms with Crippen molar-refractivity contribution in [3.8, 4) is 0 Å². The molecular formula is C16H30N2O. The molecule has 0 aromatic carbocycles. The number of hydrogen-bond donors (Lipinski definition) is 1. The first-order valence-electron chi connectivity index (χ1n) is 8.21. The predicted molar refractivity (Wildman–Crippen MR) is 79.0 cm³/mol. The van der Waals surface area contributed by atoms with Crippen molar-refractivity contribution in [3.05, 3.63) is 0 Å². The zero-order valence-electron chi connectivity index (χ0n) is 12.5. The van der Waals surface area contributed by atoms with E-state index in [0.717, 1.165) is 18.9 Å². The lowest BCUT2D eigenvalue weighted by atomic mass is 9.96. The van der Waals surface area contributed by atoms with Gasteiger partial charge in [-0.05, 0) is 37.8 Å². The van der Waals surface area contributed by atoms with Crippen molar-refractivity contribution < 1.29 is 4.79 Å². The first-order chi connectivity index (χ1) is 9.28. The summed E-state index contributed by atoms with van der Waals surface area (Å²) >= 11 is 0. The van der Waals surface area contributed by atoms with Crippen LogP contribution in [0, 0.1) is 11.8 Å². The van der Waals surface area contributed by atoms with Gasteiger partial charge in [0.05, 0.1) is 0 Å². The first-order valence-corrected chi connectivity index (χ1v) is 8.21. The molecule has 1 heterocycles. The van der Waals surface area contributed by atoms with E-state index < -0.39 is 0 Å². The second kappa shape index (κ2) is 7.88. The molecule has 1 N–H and O–H groups in total. The molecule has 1 amide bonds. The fraction of sp³-hybridized carbons (Fsp3) is 0.938. The van der Waals surface area contributed by atoms with E-state index in [1.807, 2.05) is 0 Å². The summed E-state index contributed by atoms with van der Waals surface area (Å²) in [5.41, 5.74) is 0. The van der Waals surface area contributed by atoms with Gasteiger partial charge in [-0.25, -0.2) is 0 Å². The Morgan fingerprint density at radius 2 is 1.84 bits per heavy atom. The zero-order valence-corrected chi connectivity index (χ0v) is 12.5. The van der Waals surface area contributed by atoms with Gasteiger partial charge in [-0.15, -0.1) is 0 Å². The molecule has 0 radical (unpaired) electrons. The van der Waals surface area contributed by atoms with Gasteiger partial charge in [-0.3, -0.25) is 4.79 Å². The summed E-state index contributed by atoms with van der Waals surface area (Å²) in [4.78, 5) is 14.0. The standard InChI is InChI=1S/C16H30N2O/c1-17-16(19)12-15-9-11-18(13-15)10-8-14-6-4-2-3-5-7-14/h14-15H,2-13H2,1H3,(H,17,19). The second-order valence-electron chi connectivity index (χ2n) is 6.48. The van der Waals surface area contributed by atoms with Gasteiger partial charge < -0.3 is 10.2 Å². The summed E-state index contributed by atoms with van der Waals surface area (Å²) in [6, 6.07) is 0. The maximum absolute atomic E-state index is 11.4. The number of likely N-dealkylation sites (tertiary alicyclic amines) is 1. The molecule has 2 fully saturated rings. The number of nitrogens with one attached hydrogen (secondary N) is 1. The Labute approximate surface area is 118 Å². The summed E-state index contributed by atoms with van der Waals surface area (Å²) in [7, 11) is 1.74. The molecule has 3 heteroatoms. The minimum Gasteiger partial charge on any atom is -0.359 e. The van der Waals surface area contributed by atoms with Gasteiger partial charge in [-0.1, -0.05) is 38.5 Å². The molecule has 3 nitrogen and oxygen atoms in total. The number of hydrogen-bond acceptors (Lipinski definition) is 2. The summed E-state index contributed by atoms with van der Waals surface area (Å²) in [5, 5.41) is 2.74. The van der Waals surface area contributed by atoms with E-state index >= 15 is 0 Å². The quantitative estimate of drug-likeness (QED) is 0.776. The normalized spacial score (nSPS) is 26.3. The van der Waals surface area contributed by atoms with Gasteiger partial charge in [0.15, 0.2) is 0 Å². The van der Waals surface area contributed by atoms with E-state index in [1.54, 1.807) is 7.05 Å². The van der Waals surface area contributed by atoms with Crippen molar-refractivity contribution in [1.82, 2.24) is 10.2 Å². The Bertz CT molecular complexity index is 272. The van der Waals surface area contributed by atoms with Crippen LogP contribution < -0.4 is 5.32 Å². The monoisotopic (exact) mass is 266 g/mol. The van der Waals surface area contributed by atoms with E-state index in [-0.39, 0.29) is 5.91 Å². The number of amides is 1. The number of nitrogens with zero attached hydrogens (tertiary/aromatic N) is 1. The van der Waals surface area contributed by atoms with Crippen molar-refractivity contribution in [1.29, 1.82) is 0 Å². The SMILES string of the molecule is CNC(=O)CC1CCN(CCC2CCCCCC2)C1. The van der Waals surface area contributed by atoms with Crippen LogP contribution in [0.1, 0.15) is 57.8 Å². The molecule has 1 unspecified atom stereocenters. The van der Waals surface area contributed by atoms with Gasteiger partial charge in [0.1, 0.15) is 0 Å². The van der Waals surface area contributed by atoms with Crippen LogP contribution in [0.25, 0.3) is 0 Å². The highest BCUT2D eigenvalue weighted by Gasteiger charge is 2.24. The van der Waals surface area contributed by atoms with Crippen molar-refractivity contribution in [2.24, 2.45) is 11.8 Å². The smallest absolute Gasteiger partial charge is 0.220 e. The molecule has 0 aromatic rings. The van der Waals surface area contributed by atoms with Crippen LogP contribution in [-0.2, 0) is 4.79 Å². The highest BCUT2D eigenvalue weighted by Crippen LogP contribution is 2.27. The number of rotatable bonds is 5. The minimum atomic E-state index is 0.204. The molecule has 0 aromatic heterocycles. The second-order valence-corrected chi connectivity index (χ2v) is 6.48. The highest BCUT2D eigenvalue weighted by molar-refractivity contribution is 5.75. The van der Waals surface area contributed by atoms with Gasteiger partial charge >= 0.3 is 0 Å². The lowest BCUT2D eigenvalue weighted by molar-refractivity contribution is -0.121. The molecule has 1 atom stereocenters. The Balaban J connectivity index is 1.63. The van der Waals surface area contributed by atoms with Gasteiger partial charge in [-0.2, -0.15) is 0 Å². The van der Waals surface area contributed by atoms with Crippen LogP contribution in [0.5, 0.6) is 0 Å². The lowest BCUT2D eigenvalue weighted by Crippen LogP contribution is -2.26. The minimum absolute atomic E-state index is 0.204. The Morgan fingerprint density at radius 3 is 2.53 bits per heavy atom. The molecule has 1 saturated carbocycles. The van der Waals surface area contributed by atoms with Crippen molar-refractivity contribution in [3.63, 3.8) is 0 Å². The zero-order chi connectivity index (χ0) is 13.5. The first kappa shape index (κ1) is 14.8. The summed E-state index contributed by atoms with van der Waals surface area (Å²) in [6.45, 7) is 3.60. The van der Waals surface area contributed by atoms with Crippen LogP contribution in [0.15, 0.2) is 0 Å². The summed E-state index contributed by atoms with van der Waals surface area (Å²) in [6.07, 6.45) is 12.0. The van der Waals surface area contributed by atoms with E-state index in [0.29, 0.717) is 5.92 Å². The molecule has 19 heavy (non-hydrogen) atoms. The fourth-order valence-electron chi connectivity index (χ4n) is 3.66. The molecular weight excluding hydrogens is 236 g/mol. The van der Waals surface area contributed by atoms with Crippen molar-refractivity contribution in [2.75, 3.05) is 26.7 Å². The Morgan fingerprint density at radius 1 is 1.11 bits per heavy atom. The Hall–Kier alpha value is -0.570. The van der Waals surface area contributed by atoms with Gasteiger partial charge in [0, 0.05) is 20.0 Å². The van der Waals surface area contributed by atoms with Crippen molar-refractivity contribution in [2.45, 2.75) is 57.8 Å². The number of carbonyl (C=O) groups is 1. The van der Waals surface area contributed by atoms with Gasteiger partial charge in [0.25, 0.3) is 0 Å². The van der Waals surface area contributed by atoms with Gasteiger partial charge in [0.2, 0.25) is 5.91 Å². The molecule has 0 spiro atoms. The third-order valence-corrected chi connectivity index (χ3v) is 4.95. The van der Waals surface area contributed by atoms with Crippen LogP contribution in [0.4, 0.5) is 0 Å². The lowest BCUT2D eigenvalue weighted by Gasteiger charge is -2.20. The average Bonchev–Trinajstić information content (AvgIpc) is 2.70. The van der Waals surface area contributed by atoms with Crippen molar-refractivity contribution >= 4 is 5.91 Å². The van der Waals surface area contributed by atoms with Crippen LogP contribution in [-0.4, -0.2) is 37.5 Å². The van der Waals surface area contributed by atoms with Crippen LogP contribution >= 0.6 is 0 Å². The topological polar surface area (TPSA) is 32.3 Å². The average molecular weight is 266 g/mol. The van der Waals surface area contributed by atoms with E-state index in [2.05, 4.69) is 10.2 Å². The highest BCUT2D eigenvalue weighted by atomic mass is 16.1. The predicted octanol–water partition coefficient (Wildman–Crippen LogP) is 2.80. The van der Waals surface area contributed by atoms with E-state index in [9.17, 15) is 4.79 Å². The number of carbonyl (C=O) groups excluding carboxylic acids is 1. The summed E-state index contributed by atoms with van der Waals surface area (Å²) in [5.74, 6) is 1.77. The largest absolute Gasteiger partial charge is 0.359 e. The fourth-order valence-corrected chi connectivity index (χ4v) is 3.66. The molecule has 1 aliphatic carbocycles. The van der Waals surface area contributed by atoms with E-state index in [1.165, 1.54) is 64.5 Å². The molecule has 2 rings (SSSR count). The van der Waals surface area contributed by atoms with Crippen LogP contribution in [0.3, 0.4) is 0 Å². The Kier molecular flexibility index (Phi) is 6.15.